The van der Waals surface area contributed by atoms with Gasteiger partial charge in [-0.3, -0.25) is 14.9 Å². The lowest BCUT2D eigenvalue weighted by atomic mass is 9.84. The zero-order valence-electron chi connectivity index (χ0n) is 14.7. The van der Waals surface area contributed by atoms with E-state index in [1.807, 2.05) is 30.7 Å². The van der Waals surface area contributed by atoms with Crippen LogP contribution in [0, 0.1) is 6.92 Å². The lowest BCUT2D eigenvalue weighted by Crippen LogP contribution is -2.65. The number of pyridine rings is 2. The summed E-state index contributed by atoms with van der Waals surface area (Å²) in [5.41, 5.74) is 3.41. The largest absolute Gasteiger partial charge is 0.373 e. The normalized spacial score (nSPS) is 22.7. The molecular weight excluding hydrogens is 314 g/mol. The Morgan fingerprint density at radius 2 is 2.24 bits per heavy atom. The van der Waals surface area contributed by atoms with Crippen LogP contribution in [0.4, 0.5) is 0 Å². The lowest BCUT2D eigenvalue weighted by Gasteiger charge is -2.53. The Kier molecular flexibility index (Phi) is 4.79. The molecule has 0 saturated carbocycles. The van der Waals surface area contributed by atoms with E-state index in [0.29, 0.717) is 6.61 Å². The topological polar surface area (TPSA) is 47.5 Å². The summed E-state index contributed by atoms with van der Waals surface area (Å²) in [6.45, 7) is 6.31. The van der Waals surface area contributed by atoms with Crippen molar-refractivity contribution in [2.75, 3.05) is 19.7 Å². The molecule has 2 fully saturated rings. The van der Waals surface area contributed by atoms with E-state index in [-0.39, 0.29) is 11.7 Å². The van der Waals surface area contributed by atoms with E-state index in [1.165, 1.54) is 5.56 Å². The van der Waals surface area contributed by atoms with Crippen molar-refractivity contribution in [3.63, 3.8) is 0 Å². The average molecular weight is 339 g/mol. The fraction of sp³-hybridized carbons (Fsp3) is 0.500. The molecule has 0 aromatic carbocycles. The molecule has 4 heterocycles. The van der Waals surface area contributed by atoms with Gasteiger partial charge in [0.2, 0.25) is 0 Å². The van der Waals surface area contributed by atoms with Gasteiger partial charge in [0.15, 0.2) is 0 Å². The maximum Gasteiger partial charge on any atom is 0.0959 e. The van der Waals surface area contributed by atoms with Crippen LogP contribution in [0.25, 0.3) is 0 Å². The summed E-state index contributed by atoms with van der Waals surface area (Å²) in [6, 6.07) is 8.21. The summed E-state index contributed by atoms with van der Waals surface area (Å²) in [4.78, 5) is 11.0. The molecule has 2 saturated heterocycles. The highest BCUT2D eigenvalue weighted by atomic mass is 16.5. The SMILES string of the molecule is Cc1cncc(CO[C@@H]2CCOC3(C2)CN(Cc2ccccn2)C3)c1. The van der Waals surface area contributed by atoms with Crippen molar-refractivity contribution in [3.05, 3.63) is 59.7 Å². The Morgan fingerprint density at radius 1 is 1.32 bits per heavy atom. The molecule has 0 N–H and O–H groups in total. The van der Waals surface area contributed by atoms with Crippen molar-refractivity contribution in [2.45, 2.75) is 44.6 Å². The van der Waals surface area contributed by atoms with Gasteiger partial charge in [-0.1, -0.05) is 12.1 Å². The van der Waals surface area contributed by atoms with Crippen LogP contribution in [0.5, 0.6) is 0 Å². The fourth-order valence-electron chi connectivity index (χ4n) is 3.86. The van der Waals surface area contributed by atoms with Gasteiger partial charge in [-0.2, -0.15) is 0 Å². The Hall–Kier alpha value is -1.82. The first kappa shape index (κ1) is 16.6. The maximum atomic E-state index is 6.16. The molecule has 132 valence electrons. The monoisotopic (exact) mass is 339 g/mol. The van der Waals surface area contributed by atoms with Crippen molar-refractivity contribution < 1.29 is 9.47 Å². The number of aromatic nitrogens is 2. The molecule has 0 radical (unpaired) electrons. The number of rotatable bonds is 5. The molecule has 0 unspecified atom stereocenters. The number of likely N-dealkylation sites (tertiary alicyclic amines) is 1. The third-order valence-corrected chi connectivity index (χ3v) is 5.00. The quantitative estimate of drug-likeness (QED) is 0.838. The molecule has 25 heavy (non-hydrogen) atoms. The number of hydrogen-bond donors (Lipinski definition) is 0. The van der Waals surface area contributed by atoms with Crippen LogP contribution in [0.3, 0.4) is 0 Å². The van der Waals surface area contributed by atoms with Gasteiger partial charge in [0, 0.05) is 51.3 Å². The molecule has 4 rings (SSSR count). The molecule has 1 atom stereocenters. The number of aryl methyl sites for hydroxylation is 1. The molecule has 5 nitrogen and oxygen atoms in total. The minimum Gasteiger partial charge on any atom is -0.373 e. The second kappa shape index (κ2) is 7.20. The van der Waals surface area contributed by atoms with Crippen molar-refractivity contribution >= 4 is 0 Å². The van der Waals surface area contributed by atoms with Crippen LogP contribution in [-0.2, 0) is 22.6 Å². The third kappa shape index (κ3) is 4.06. The number of nitrogens with zero attached hydrogens (tertiary/aromatic N) is 3. The summed E-state index contributed by atoms with van der Waals surface area (Å²) in [5.74, 6) is 0. The molecule has 0 amide bonds. The minimum atomic E-state index is -0.0252. The van der Waals surface area contributed by atoms with Crippen molar-refractivity contribution in [2.24, 2.45) is 0 Å². The van der Waals surface area contributed by atoms with Crippen LogP contribution in [-0.4, -0.2) is 46.3 Å². The first-order chi connectivity index (χ1) is 12.2. The summed E-state index contributed by atoms with van der Waals surface area (Å²) in [6.07, 6.45) is 7.83. The summed E-state index contributed by atoms with van der Waals surface area (Å²) in [7, 11) is 0. The second-order valence-corrected chi connectivity index (χ2v) is 7.29. The second-order valence-electron chi connectivity index (χ2n) is 7.29. The van der Waals surface area contributed by atoms with E-state index in [4.69, 9.17) is 9.47 Å². The Labute approximate surface area is 149 Å². The first-order valence-corrected chi connectivity index (χ1v) is 8.99. The summed E-state index contributed by atoms with van der Waals surface area (Å²) < 4.78 is 12.3. The Morgan fingerprint density at radius 3 is 3.04 bits per heavy atom. The van der Waals surface area contributed by atoms with Crippen LogP contribution in [0.15, 0.2) is 42.9 Å². The molecule has 0 aliphatic carbocycles. The zero-order valence-corrected chi connectivity index (χ0v) is 14.7. The van der Waals surface area contributed by atoms with Crippen LogP contribution >= 0.6 is 0 Å². The zero-order chi connectivity index (χ0) is 17.1. The fourth-order valence-corrected chi connectivity index (χ4v) is 3.86. The molecule has 0 bridgehead atoms. The third-order valence-electron chi connectivity index (χ3n) is 5.00. The molecule has 2 aliphatic heterocycles. The first-order valence-electron chi connectivity index (χ1n) is 8.99. The van der Waals surface area contributed by atoms with Gasteiger partial charge in [-0.25, -0.2) is 0 Å². The van der Waals surface area contributed by atoms with Crippen molar-refractivity contribution in [1.29, 1.82) is 0 Å². The standard InChI is InChI=1S/C20H25N3O2/c1-16-8-17(11-21-10-16)13-24-19-5-7-25-20(9-19)14-23(15-20)12-18-4-2-3-6-22-18/h2-4,6,8,10-11,19H,5,7,9,12-15H2,1H3/t19-/m1/s1. The van der Waals surface area contributed by atoms with E-state index in [1.54, 1.807) is 0 Å². The smallest absolute Gasteiger partial charge is 0.0959 e. The number of ether oxygens (including phenoxy) is 2. The van der Waals surface area contributed by atoms with Crippen LogP contribution in [0.2, 0.25) is 0 Å². The van der Waals surface area contributed by atoms with E-state index in [2.05, 4.69) is 33.9 Å². The van der Waals surface area contributed by atoms with E-state index in [9.17, 15) is 0 Å². The molecule has 2 aliphatic rings. The van der Waals surface area contributed by atoms with Gasteiger partial charge < -0.3 is 9.47 Å². The molecule has 2 aromatic heterocycles. The highest BCUT2D eigenvalue weighted by molar-refractivity contribution is 5.15. The van der Waals surface area contributed by atoms with Gasteiger partial charge in [-0.05, 0) is 36.6 Å². The van der Waals surface area contributed by atoms with Crippen molar-refractivity contribution in [1.82, 2.24) is 14.9 Å². The molecular formula is C20H25N3O2. The predicted octanol–water partition coefficient (Wildman–Crippen LogP) is 2.74. The Bertz CT molecular complexity index is 701. The molecule has 5 heteroatoms. The van der Waals surface area contributed by atoms with Crippen LogP contribution < -0.4 is 0 Å². The van der Waals surface area contributed by atoms with Crippen LogP contribution in [0.1, 0.15) is 29.7 Å². The Balaban J connectivity index is 1.27. The van der Waals surface area contributed by atoms with Gasteiger partial charge in [0.05, 0.1) is 24.0 Å². The van der Waals surface area contributed by atoms with Crippen molar-refractivity contribution in [3.8, 4) is 0 Å². The van der Waals surface area contributed by atoms with E-state index < -0.39 is 0 Å². The van der Waals surface area contributed by atoms with Gasteiger partial charge in [-0.15, -0.1) is 0 Å². The highest BCUT2D eigenvalue weighted by Crippen LogP contribution is 2.36. The minimum absolute atomic E-state index is 0.0252. The van der Waals surface area contributed by atoms with Gasteiger partial charge in [0.25, 0.3) is 0 Å². The van der Waals surface area contributed by atoms with E-state index in [0.717, 1.165) is 50.3 Å². The van der Waals surface area contributed by atoms with Gasteiger partial charge >= 0.3 is 0 Å². The van der Waals surface area contributed by atoms with E-state index >= 15 is 0 Å². The highest BCUT2D eigenvalue weighted by Gasteiger charge is 2.47. The average Bonchev–Trinajstić information content (AvgIpc) is 2.60. The molecule has 1 spiro atoms. The lowest BCUT2D eigenvalue weighted by molar-refractivity contribution is -0.200. The van der Waals surface area contributed by atoms with Gasteiger partial charge in [0.1, 0.15) is 0 Å². The maximum absolute atomic E-state index is 6.16. The summed E-state index contributed by atoms with van der Waals surface area (Å²) in [5, 5.41) is 0. The molecule has 2 aromatic rings. The predicted molar refractivity (Wildman–Crippen MR) is 95.0 cm³/mol. The number of hydrogen-bond acceptors (Lipinski definition) is 5. The summed E-state index contributed by atoms with van der Waals surface area (Å²) >= 11 is 0.